The van der Waals surface area contributed by atoms with Gasteiger partial charge in [0.1, 0.15) is 0 Å². The van der Waals surface area contributed by atoms with Gasteiger partial charge in [0.2, 0.25) is 0 Å². The van der Waals surface area contributed by atoms with Gasteiger partial charge in [-0.05, 0) is 30.7 Å². The van der Waals surface area contributed by atoms with Crippen LogP contribution in [0.4, 0.5) is 0 Å². The molecular weight excluding hydrogens is 232 g/mol. The van der Waals surface area contributed by atoms with Crippen molar-refractivity contribution in [1.82, 2.24) is 0 Å². The van der Waals surface area contributed by atoms with Crippen molar-refractivity contribution in [3.63, 3.8) is 0 Å². The van der Waals surface area contributed by atoms with Crippen molar-refractivity contribution < 1.29 is 19.7 Å². The summed E-state index contributed by atoms with van der Waals surface area (Å²) >= 11 is 0. The highest BCUT2D eigenvalue weighted by Gasteiger charge is 2.00. The Morgan fingerprint density at radius 2 is 2.11 bits per heavy atom. The Hall–Kier alpha value is -2.23. The van der Waals surface area contributed by atoms with Gasteiger partial charge in [-0.15, -0.1) is 6.58 Å². The first kappa shape index (κ1) is 13.8. The van der Waals surface area contributed by atoms with Crippen molar-refractivity contribution in [3.8, 4) is 11.5 Å². The molecule has 0 heterocycles. The van der Waals surface area contributed by atoms with E-state index in [2.05, 4.69) is 6.58 Å². The molecule has 0 saturated carbocycles. The van der Waals surface area contributed by atoms with E-state index >= 15 is 0 Å². The minimum atomic E-state index is -0.455. The lowest BCUT2D eigenvalue weighted by Crippen LogP contribution is -2.02. The third kappa shape index (κ3) is 4.74. The van der Waals surface area contributed by atoms with Crippen LogP contribution in [0.5, 0.6) is 11.5 Å². The highest BCUT2D eigenvalue weighted by atomic mass is 16.5. The number of esters is 1. The summed E-state index contributed by atoms with van der Waals surface area (Å²) < 4.78 is 4.93. The molecule has 0 radical (unpaired) electrons. The van der Waals surface area contributed by atoms with Crippen LogP contribution in [0, 0.1) is 0 Å². The number of ether oxygens (including phenoxy) is 1. The smallest absolute Gasteiger partial charge is 0.330 e. The molecule has 0 aromatic heterocycles. The minimum absolute atomic E-state index is 0.198. The molecular formula is C14H16O4. The second-order valence-electron chi connectivity index (χ2n) is 3.96. The molecule has 0 spiro atoms. The molecule has 0 saturated heterocycles. The lowest BCUT2D eigenvalue weighted by atomic mass is 10.2. The van der Waals surface area contributed by atoms with Gasteiger partial charge in [-0.1, -0.05) is 11.6 Å². The van der Waals surface area contributed by atoms with E-state index in [1.165, 1.54) is 24.3 Å². The first-order valence-electron chi connectivity index (χ1n) is 5.50. The van der Waals surface area contributed by atoms with Crippen LogP contribution in [0.3, 0.4) is 0 Å². The SMILES string of the molecule is C=C(C)CCOC(=O)/C=C/c1ccc(O)c(O)c1. The number of phenolic OH excluding ortho intramolecular Hbond substituents is 2. The van der Waals surface area contributed by atoms with Gasteiger partial charge in [-0.2, -0.15) is 0 Å². The van der Waals surface area contributed by atoms with E-state index in [1.807, 2.05) is 6.92 Å². The number of hydrogen-bond acceptors (Lipinski definition) is 4. The van der Waals surface area contributed by atoms with Crippen LogP contribution in [0.2, 0.25) is 0 Å². The van der Waals surface area contributed by atoms with Gasteiger partial charge in [0, 0.05) is 12.5 Å². The molecule has 4 nitrogen and oxygen atoms in total. The monoisotopic (exact) mass is 248 g/mol. The minimum Gasteiger partial charge on any atom is -0.504 e. The number of phenols is 2. The van der Waals surface area contributed by atoms with E-state index in [1.54, 1.807) is 6.07 Å². The molecule has 18 heavy (non-hydrogen) atoms. The maximum absolute atomic E-state index is 11.3. The lowest BCUT2D eigenvalue weighted by molar-refractivity contribution is -0.137. The van der Waals surface area contributed by atoms with Gasteiger partial charge in [0.15, 0.2) is 11.5 Å². The largest absolute Gasteiger partial charge is 0.504 e. The van der Waals surface area contributed by atoms with Gasteiger partial charge in [-0.3, -0.25) is 0 Å². The summed E-state index contributed by atoms with van der Waals surface area (Å²) in [6, 6.07) is 4.28. The van der Waals surface area contributed by atoms with Crippen LogP contribution in [0.25, 0.3) is 6.08 Å². The van der Waals surface area contributed by atoms with Crippen molar-refractivity contribution in [2.75, 3.05) is 6.61 Å². The Labute approximate surface area is 106 Å². The first-order chi connectivity index (χ1) is 8.49. The fraction of sp³-hybridized carbons (Fsp3) is 0.214. The molecule has 0 aliphatic rings. The van der Waals surface area contributed by atoms with Crippen LogP contribution in [-0.2, 0) is 9.53 Å². The molecule has 4 heteroatoms. The standard InChI is InChI=1S/C14H16O4/c1-10(2)7-8-18-14(17)6-4-11-3-5-12(15)13(16)9-11/h3-6,9,15-16H,1,7-8H2,2H3/b6-4+. The zero-order valence-electron chi connectivity index (χ0n) is 10.2. The Bertz CT molecular complexity index is 475. The molecule has 0 bridgehead atoms. The Kier molecular flexibility index (Phi) is 4.99. The number of carbonyl (C=O) groups is 1. The average molecular weight is 248 g/mol. The first-order valence-corrected chi connectivity index (χ1v) is 5.50. The average Bonchev–Trinajstić information content (AvgIpc) is 2.30. The fourth-order valence-electron chi connectivity index (χ4n) is 1.18. The van der Waals surface area contributed by atoms with Crippen LogP contribution >= 0.6 is 0 Å². The molecule has 96 valence electrons. The van der Waals surface area contributed by atoms with Gasteiger partial charge in [-0.25, -0.2) is 4.79 Å². The molecule has 2 N–H and O–H groups in total. The quantitative estimate of drug-likeness (QED) is 0.364. The van der Waals surface area contributed by atoms with E-state index in [0.717, 1.165) is 5.57 Å². The van der Waals surface area contributed by atoms with Crippen molar-refractivity contribution in [2.45, 2.75) is 13.3 Å². The molecule has 1 rings (SSSR count). The number of benzene rings is 1. The molecule has 0 aliphatic heterocycles. The summed E-state index contributed by atoms with van der Waals surface area (Å²) in [5.74, 6) is -0.882. The summed E-state index contributed by atoms with van der Waals surface area (Å²) in [5, 5.41) is 18.4. The zero-order chi connectivity index (χ0) is 13.5. The maximum atomic E-state index is 11.3. The molecule has 0 unspecified atom stereocenters. The van der Waals surface area contributed by atoms with E-state index in [9.17, 15) is 9.90 Å². The molecule has 1 aromatic rings. The second-order valence-corrected chi connectivity index (χ2v) is 3.96. The fourth-order valence-corrected chi connectivity index (χ4v) is 1.18. The van der Waals surface area contributed by atoms with Gasteiger partial charge < -0.3 is 14.9 Å². The van der Waals surface area contributed by atoms with Crippen LogP contribution in [0.1, 0.15) is 18.9 Å². The van der Waals surface area contributed by atoms with Gasteiger partial charge in [0.05, 0.1) is 6.61 Å². The normalized spacial score (nSPS) is 10.5. The summed E-state index contributed by atoms with van der Waals surface area (Å²) in [6.45, 7) is 5.87. The van der Waals surface area contributed by atoms with Crippen molar-refractivity contribution in [2.24, 2.45) is 0 Å². The Balaban J connectivity index is 2.50. The van der Waals surface area contributed by atoms with E-state index < -0.39 is 5.97 Å². The van der Waals surface area contributed by atoms with Crippen LogP contribution in [-0.4, -0.2) is 22.8 Å². The number of rotatable bonds is 5. The maximum Gasteiger partial charge on any atom is 0.330 e. The zero-order valence-corrected chi connectivity index (χ0v) is 10.2. The second kappa shape index (κ2) is 6.49. The van der Waals surface area contributed by atoms with E-state index in [0.29, 0.717) is 18.6 Å². The predicted molar refractivity (Wildman–Crippen MR) is 69.2 cm³/mol. The molecule has 0 fully saturated rings. The number of aromatic hydroxyl groups is 2. The Morgan fingerprint density at radius 3 is 2.72 bits per heavy atom. The van der Waals surface area contributed by atoms with Gasteiger partial charge >= 0.3 is 5.97 Å². The van der Waals surface area contributed by atoms with E-state index in [4.69, 9.17) is 9.84 Å². The van der Waals surface area contributed by atoms with E-state index in [-0.39, 0.29) is 11.5 Å². The van der Waals surface area contributed by atoms with Crippen molar-refractivity contribution in [1.29, 1.82) is 0 Å². The lowest BCUT2D eigenvalue weighted by Gasteiger charge is -2.01. The predicted octanol–water partition coefficient (Wildman–Crippen LogP) is 2.62. The van der Waals surface area contributed by atoms with Crippen LogP contribution < -0.4 is 0 Å². The summed E-state index contributed by atoms with van der Waals surface area (Å²) in [4.78, 5) is 11.3. The van der Waals surface area contributed by atoms with Crippen molar-refractivity contribution >= 4 is 12.0 Å². The van der Waals surface area contributed by atoms with Crippen molar-refractivity contribution in [3.05, 3.63) is 42.0 Å². The Morgan fingerprint density at radius 1 is 1.39 bits per heavy atom. The van der Waals surface area contributed by atoms with Gasteiger partial charge in [0.25, 0.3) is 0 Å². The molecule has 1 aromatic carbocycles. The molecule has 0 amide bonds. The molecule has 0 aliphatic carbocycles. The summed E-state index contributed by atoms with van der Waals surface area (Å²) in [5.41, 5.74) is 1.55. The molecule has 0 atom stereocenters. The third-order valence-corrected chi connectivity index (χ3v) is 2.18. The highest BCUT2D eigenvalue weighted by molar-refractivity contribution is 5.87. The number of carbonyl (C=O) groups excluding carboxylic acids is 1. The highest BCUT2D eigenvalue weighted by Crippen LogP contribution is 2.25. The topological polar surface area (TPSA) is 66.8 Å². The number of hydrogen-bond donors (Lipinski definition) is 2. The summed E-state index contributed by atoms with van der Waals surface area (Å²) in [6.07, 6.45) is 3.41. The summed E-state index contributed by atoms with van der Waals surface area (Å²) in [7, 11) is 0. The third-order valence-electron chi connectivity index (χ3n) is 2.18. The van der Waals surface area contributed by atoms with Crippen LogP contribution in [0.15, 0.2) is 36.4 Å².